The SMILES string of the molecule is CCCCCCc1ccc(C#Cc2ccc(C#Cc3ccc(CCCCCC)cc3)c3ccccc23)cc1. The molecule has 4 aromatic rings. The molecule has 0 spiro atoms. The molecule has 0 amide bonds. The Balaban J connectivity index is 1.46. The molecule has 0 N–H and O–H groups in total. The summed E-state index contributed by atoms with van der Waals surface area (Å²) >= 11 is 0. The summed E-state index contributed by atoms with van der Waals surface area (Å²) in [5.41, 5.74) is 7.01. The van der Waals surface area contributed by atoms with Crippen LogP contribution in [-0.2, 0) is 12.8 Å². The number of unbranched alkanes of at least 4 members (excludes halogenated alkanes) is 6. The highest BCUT2D eigenvalue weighted by Crippen LogP contribution is 2.22. The van der Waals surface area contributed by atoms with Crippen LogP contribution in [0.25, 0.3) is 10.8 Å². The molecule has 0 bridgehead atoms. The van der Waals surface area contributed by atoms with Crippen molar-refractivity contribution >= 4 is 10.8 Å². The van der Waals surface area contributed by atoms with Crippen molar-refractivity contribution in [3.05, 3.63) is 118 Å². The standard InChI is InChI=1S/C38H40/c1-3-5-7-9-13-31-17-21-33(22-18-31)25-27-35-29-30-36(38-16-12-11-15-37(35)38)28-26-34-23-19-32(20-24-34)14-10-8-6-4-2/h11-12,15-24,29-30H,3-10,13-14H2,1-2H3. The first-order valence-corrected chi connectivity index (χ1v) is 14.5. The van der Waals surface area contributed by atoms with Crippen LogP contribution in [0.5, 0.6) is 0 Å². The fraction of sp³-hybridized carbons (Fsp3) is 0.316. The summed E-state index contributed by atoms with van der Waals surface area (Å²) in [6, 6.07) is 30.2. The van der Waals surface area contributed by atoms with Crippen molar-refractivity contribution in [3.8, 4) is 23.7 Å². The molecular weight excluding hydrogens is 456 g/mol. The van der Waals surface area contributed by atoms with Crippen LogP contribution in [0.2, 0.25) is 0 Å². The molecule has 0 aliphatic carbocycles. The summed E-state index contributed by atoms with van der Waals surface area (Å²) in [5.74, 6) is 13.6. The third-order valence-corrected chi connectivity index (χ3v) is 7.15. The molecule has 0 aromatic heterocycles. The Hall–Kier alpha value is -3.74. The Morgan fingerprint density at radius 1 is 0.421 bits per heavy atom. The van der Waals surface area contributed by atoms with Crippen molar-refractivity contribution in [2.24, 2.45) is 0 Å². The van der Waals surface area contributed by atoms with Crippen molar-refractivity contribution in [1.82, 2.24) is 0 Å². The zero-order chi connectivity index (χ0) is 26.4. The van der Waals surface area contributed by atoms with E-state index in [1.807, 2.05) is 0 Å². The van der Waals surface area contributed by atoms with Crippen molar-refractivity contribution in [2.75, 3.05) is 0 Å². The van der Waals surface area contributed by atoms with Crippen LogP contribution in [0.3, 0.4) is 0 Å². The van der Waals surface area contributed by atoms with E-state index < -0.39 is 0 Å². The second kappa shape index (κ2) is 14.9. The van der Waals surface area contributed by atoms with Crippen LogP contribution in [0.4, 0.5) is 0 Å². The Morgan fingerprint density at radius 3 is 1.24 bits per heavy atom. The van der Waals surface area contributed by atoms with Crippen LogP contribution in [0.1, 0.15) is 98.6 Å². The number of hydrogen-bond donors (Lipinski definition) is 0. The lowest BCUT2D eigenvalue weighted by molar-refractivity contribution is 0.667. The Morgan fingerprint density at radius 2 is 0.842 bits per heavy atom. The average Bonchev–Trinajstić information content (AvgIpc) is 2.97. The molecule has 4 rings (SSSR count). The smallest absolute Gasteiger partial charge is 0.0328 e. The molecule has 0 saturated heterocycles. The third-order valence-electron chi connectivity index (χ3n) is 7.15. The lowest BCUT2D eigenvalue weighted by Crippen LogP contribution is -1.87. The van der Waals surface area contributed by atoms with E-state index in [9.17, 15) is 0 Å². The van der Waals surface area contributed by atoms with Gasteiger partial charge in [-0.1, -0.05) is 125 Å². The van der Waals surface area contributed by atoms with Crippen molar-refractivity contribution in [1.29, 1.82) is 0 Å². The summed E-state index contributed by atoms with van der Waals surface area (Å²) in [6.07, 6.45) is 12.7. The quantitative estimate of drug-likeness (QED) is 0.151. The normalized spacial score (nSPS) is 10.5. The van der Waals surface area contributed by atoms with Gasteiger partial charge in [0.1, 0.15) is 0 Å². The number of rotatable bonds is 10. The van der Waals surface area contributed by atoms with E-state index in [0.29, 0.717) is 0 Å². The molecule has 0 aliphatic heterocycles. The molecule has 0 nitrogen and oxygen atoms in total. The van der Waals surface area contributed by atoms with E-state index in [-0.39, 0.29) is 0 Å². The first-order valence-electron chi connectivity index (χ1n) is 14.5. The lowest BCUT2D eigenvalue weighted by atomic mass is 9.99. The molecule has 0 radical (unpaired) electrons. The predicted molar refractivity (Wildman–Crippen MR) is 164 cm³/mol. The van der Waals surface area contributed by atoms with Gasteiger partial charge in [0, 0.05) is 22.3 Å². The van der Waals surface area contributed by atoms with Gasteiger partial charge < -0.3 is 0 Å². The number of hydrogen-bond acceptors (Lipinski definition) is 0. The van der Waals surface area contributed by atoms with Gasteiger partial charge in [0.2, 0.25) is 0 Å². The molecule has 0 unspecified atom stereocenters. The molecule has 0 saturated carbocycles. The zero-order valence-corrected chi connectivity index (χ0v) is 23.2. The van der Waals surface area contributed by atoms with Gasteiger partial charge in [-0.15, -0.1) is 0 Å². The Labute approximate surface area is 230 Å². The summed E-state index contributed by atoms with van der Waals surface area (Å²) in [4.78, 5) is 0. The molecule has 4 aromatic carbocycles. The van der Waals surface area contributed by atoms with E-state index in [0.717, 1.165) is 45.9 Å². The summed E-state index contributed by atoms with van der Waals surface area (Å²) in [5, 5.41) is 2.31. The summed E-state index contributed by atoms with van der Waals surface area (Å²) in [7, 11) is 0. The van der Waals surface area contributed by atoms with Gasteiger partial charge in [-0.05, 0) is 84.0 Å². The van der Waals surface area contributed by atoms with Gasteiger partial charge in [-0.3, -0.25) is 0 Å². The summed E-state index contributed by atoms with van der Waals surface area (Å²) < 4.78 is 0. The van der Waals surface area contributed by atoms with Crippen LogP contribution < -0.4 is 0 Å². The van der Waals surface area contributed by atoms with Gasteiger partial charge in [0.25, 0.3) is 0 Å². The topological polar surface area (TPSA) is 0 Å². The van der Waals surface area contributed by atoms with Crippen LogP contribution >= 0.6 is 0 Å². The molecular formula is C38H40. The maximum atomic E-state index is 3.42. The molecule has 0 fully saturated rings. The zero-order valence-electron chi connectivity index (χ0n) is 23.2. The van der Waals surface area contributed by atoms with Crippen molar-refractivity contribution in [2.45, 2.75) is 78.1 Å². The van der Waals surface area contributed by atoms with Crippen LogP contribution in [-0.4, -0.2) is 0 Å². The van der Waals surface area contributed by atoms with Gasteiger partial charge >= 0.3 is 0 Å². The third kappa shape index (κ3) is 8.13. The fourth-order valence-corrected chi connectivity index (χ4v) is 4.82. The molecule has 0 aliphatic rings. The van der Waals surface area contributed by atoms with Gasteiger partial charge in [0.15, 0.2) is 0 Å². The van der Waals surface area contributed by atoms with E-state index in [1.54, 1.807) is 0 Å². The molecule has 38 heavy (non-hydrogen) atoms. The largest absolute Gasteiger partial charge is 0.0654 e. The van der Waals surface area contributed by atoms with Gasteiger partial charge in [0.05, 0.1) is 0 Å². The maximum Gasteiger partial charge on any atom is 0.0328 e. The van der Waals surface area contributed by atoms with E-state index in [1.165, 1.54) is 62.5 Å². The number of benzene rings is 4. The first kappa shape index (κ1) is 27.3. The van der Waals surface area contributed by atoms with Gasteiger partial charge in [-0.25, -0.2) is 0 Å². The number of fused-ring (bicyclic) bond motifs is 1. The van der Waals surface area contributed by atoms with Crippen molar-refractivity contribution in [3.63, 3.8) is 0 Å². The highest BCUT2D eigenvalue weighted by molar-refractivity contribution is 5.93. The second-order valence-corrected chi connectivity index (χ2v) is 10.2. The molecule has 0 atom stereocenters. The minimum atomic E-state index is 1.04. The Kier molecular flexibility index (Phi) is 10.7. The predicted octanol–water partition coefficient (Wildman–Crippen LogP) is 9.88. The molecule has 192 valence electrons. The minimum Gasteiger partial charge on any atom is -0.0654 e. The first-order chi connectivity index (χ1) is 18.8. The summed E-state index contributed by atoms with van der Waals surface area (Å²) in [6.45, 7) is 4.51. The molecule has 0 heteroatoms. The van der Waals surface area contributed by atoms with E-state index in [4.69, 9.17) is 0 Å². The van der Waals surface area contributed by atoms with Crippen LogP contribution in [0.15, 0.2) is 84.9 Å². The highest BCUT2D eigenvalue weighted by atomic mass is 14.1. The number of aryl methyl sites for hydroxylation is 2. The average molecular weight is 497 g/mol. The fourth-order valence-electron chi connectivity index (χ4n) is 4.82. The van der Waals surface area contributed by atoms with Gasteiger partial charge in [-0.2, -0.15) is 0 Å². The van der Waals surface area contributed by atoms with Crippen LogP contribution in [0, 0.1) is 23.7 Å². The molecule has 0 heterocycles. The van der Waals surface area contributed by atoms with E-state index in [2.05, 4.69) is 122 Å². The monoisotopic (exact) mass is 496 g/mol. The second-order valence-electron chi connectivity index (χ2n) is 10.2. The highest BCUT2D eigenvalue weighted by Gasteiger charge is 2.03. The minimum absolute atomic E-state index is 1.04. The van der Waals surface area contributed by atoms with E-state index >= 15 is 0 Å². The van der Waals surface area contributed by atoms with Crippen molar-refractivity contribution < 1.29 is 0 Å². The Bertz CT molecular complexity index is 1300. The maximum absolute atomic E-state index is 3.42. The lowest BCUT2D eigenvalue weighted by Gasteiger charge is -2.04.